The summed E-state index contributed by atoms with van der Waals surface area (Å²) < 4.78 is 18.1. The fraction of sp³-hybridized carbons (Fsp3) is 0.412. The molecule has 4 rings (SSSR count). The summed E-state index contributed by atoms with van der Waals surface area (Å²) in [7, 11) is 0. The van der Waals surface area contributed by atoms with Crippen molar-refractivity contribution in [3.05, 3.63) is 40.3 Å². The quantitative estimate of drug-likeness (QED) is 0.903. The molecule has 0 unspecified atom stereocenters. The normalized spacial score (nSPS) is 19.4. The standard InChI is InChI=1S/C17H18N2O5/c20-12-1-2-14-11(7-12)3-4-19-15(14)8-16(18-17(19)21)24-10-13-9-22-5-6-23-13/h1-2,7-8,13,20H,3-6,9-10H2/t13-/m1/s1. The van der Waals surface area contributed by atoms with E-state index in [1.165, 1.54) is 0 Å². The second kappa shape index (κ2) is 6.26. The molecule has 1 atom stereocenters. The predicted molar refractivity (Wildman–Crippen MR) is 85.4 cm³/mol. The minimum Gasteiger partial charge on any atom is -0.508 e. The van der Waals surface area contributed by atoms with Gasteiger partial charge in [-0.15, -0.1) is 0 Å². The van der Waals surface area contributed by atoms with Gasteiger partial charge in [0, 0.05) is 18.2 Å². The van der Waals surface area contributed by atoms with Gasteiger partial charge in [0.05, 0.1) is 25.5 Å². The van der Waals surface area contributed by atoms with E-state index in [4.69, 9.17) is 14.2 Å². The van der Waals surface area contributed by atoms with E-state index in [9.17, 15) is 9.90 Å². The Kier molecular flexibility index (Phi) is 3.95. The third-order valence-corrected chi connectivity index (χ3v) is 4.26. The van der Waals surface area contributed by atoms with Gasteiger partial charge in [-0.2, -0.15) is 4.98 Å². The summed E-state index contributed by atoms with van der Waals surface area (Å²) in [6.07, 6.45) is 0.537. The van der Waals surface area contributed by atoms with E-state index in [0.717, 1.165) is 16.8 Å². The van der Waals surface area contributed by atoms with Crippen LogP contribution in [0.15, 0.2) is 29.1 Å². The molecular weight excluding hydrogens is 312 g/mol. The van der Waals surface area contributed by atoms with E-state index in [1.807, 2.05) is 6.07 Å². The Morgan fingerprint density at radius 2 is 2.25 bits per heavy atom. The van der Waals surface area contributed by atoms with Gasteiger partial charge in [0.15, 0.2) is 0 Å². The molecule has 2 aliphatic rings. The molecule has 2 aromatic rings. The minimum absolute atomic E-state index is 0.149. The summed E-state index contributed by atoms with van der Waals surface area (Å²) >= 11 is 0. The summed E-state index contributed by atoms with van der Waals surface area (Å²) in [5.74, 6) is 0.505. The lowest BCUT2D eigenvalue weighted by Crippen LogP contribution is -2.34. The zero-order chi connectivity index (χ0) is 16.5. The number of fused-ring (bicyclic) bond motifs is 3. The average Bonchev–Trinajstić information content (AvgIpc) is 2.60. The van der Waals surface area contributed by atoms with Gasteiger partial charge in [-0.25, -0.2) is 4.79 Å². The van der Waals surface area contributed by atoms with Crippen molar-refractivity contribution >= 4 is 0 Å². The van der Waals surface area contributed by atoms with Gasteiger partial charge in [0.2, 0.25) is 5.88 Å². The highest BCUT2D eigenvalue weighted by Gasteiger charge is 2.20. The van der Waals surface area contributed by atoms with Crippen LogP contribution < -0.4 is 10.4 Å². The maximum absolute atomic E-state index is 12.3. The summed E-state index contributed by atoms with van der Waals surface area (Å²) in [6, 6.07) is 6.93. The van der Waals surface area contributed by atoms with E-state index >= 15 is 0 Å². The highest BCUT2D eigenvalue weighted by Crippen LogP contribution is 2.31. The molecule has 7 heteroatoms. The van der Waals surface area contributed by atoms with Gasteiger partial charge in [-0.3, -0.25) is 4.57 Å². The lowest BCUT2D eigenvalue weighted by Gasteiger charge is -2.24. The van der Waals surface area contributed by atoms with E-state index in [0.29, 0.717) is 39.4 Å². The van der Waals surface area contributed by atoms with Crippen LogP contribution in [0.4, 0.5) is 0 Å². The summed E-state index contributed by atoms with van der Waals surface area (Å²) in [5, 5.41) is 9.64. The molecule has 7 nitrogen and oxygen atoms in total. The number of hydrogen-bond donors (Lipinski definition) is 1. The summed E-state index contributed by atoms with van der Waals surface area (Å²) in [6.45, 7) is 2.45. The van der Waals surface area contributed by atoms with Gasteiger partial charge in [-0.1, -0.05) is 0 Å². The Balaban J connectivity index is 1.62. The molecule has 0 spiro atoms. The highest BCUT2D eigenvalue weighted by molar-refractivity contribution is 5.67. The monoisotopic (exact) mass is 330 g/mol. The van der Waals surface area contributed by atoms with E-state index in [-0.39, 0.29) is 23.4 Å². The summed E-state index contributed by atoms with van der Waals surface area (Å²) in [4.78, 5) is 16.3. The number of phenolic OH excluding ortho intramolecular Hbond substituents is 1. The molecule has 1 aromatic carbocycles. The number of ether oxygens (including phenoxy) is 3. The van der Waals surface area contributed by atoms with Crippen LogP contribution in [-0.2, 0) is 22.4 Å². The average molecular weight is 330 g/mol. The summed E-state index contributed by atoms with van der Waals surface area (Å²) in [5.41, 5.74) is 2.35. The largest absolute Gasteiger partial charge is 0.508 e. The molecule has 0 saturated carbocycles. The molecule has 0 amide bonds. The van der Waals surface area contributed by atoms with Crippen molar-refractivity contribution in [1.82, 2.24) is 9.55 Å². The molecule has 1 saturated heterocycles. The second-order valence-electron chi connectivity index (χ2n) is 5.88. The molecular formula is C17H18N2O5. The second-order valence-corrected chi connectivity index (χ2v) is 5.88. The Morgan fingerprint density at radius 1 is 1.33 bits per heavy atom. The van der Waals surface area contributed by atoms with Gasteiger partial charge >= 0.3 is 5.69 Å². The van der Waals surface area contributed by atoms with E-state index in [2.05, 4.69) is 4.98 Å². The van der Waals surface area contributed by atoms with Crippen LogP contribution in [-0.4, -0.2) is 47.2 Å². The first kappa shape index (κ1) is 15.2. The Labute approximate surface area is 138 Å². The Morgan fingerprint density at radius 3 is 3.08 bits per heavy atom. The van der Waals surface area contributed by atoms with Gasteiger partial charge in [-0.05, 0) is 30.2 Å². The third kappa shape index (κ3) is 2.88. The number of hydrogen-bond acceptors (Lipinski definition) is 6. The number of benzene rings is 1. The highest BCUT2D eigenvalue weighted by atomic mass is 16.6. The number of aromatic nitrogens is 2. The van der Waals surface area contributed by atoms with Crippen LogP contribution in [0, 0.1) is 0 Å². The van der Waals surface area contributed by atoms with Crippen molar-refractivity contribution in [2.45, 2.75) is 19.1 Å². The van der Waals surface area contributed by atoms with E-state index in [1.54, 1.807) is 22.8 Å². The SMILES string of the molecule is O=c1nc(OC[C@H]2COCCO2)cc2n1CCc1cc(O)ccc1-2. The smallest absolute Gasteiger partial charge is 0.351 e. The van der Waals surface area contributed by atoms with Gasteiger partial charge in [0.1, 0.15) is 18.5 Å². The molecule has 0 radical (unpaired) electrons. The first-order chi connectivity index (χ1) is 11.7. The molecule has 0 aliphatic carbocycles. The van der Waals surface area contributed by atoms with Crippen molar-refractivity contribution in [2.75, 3.05) is 26.4 Å². The van der Waals surface area contributed by atoms with Crippen molar-refractivity contribution in [3.63, 3.8) is 0 Å². The molecule has 3 heterocycles. The maximum Gasteiger partial charge on any atom is 0.351 e. The zero-order valence-electron chi connectivity index (χ0n) is 13.1. The topological polar surface area (TPSA) is 82.8 Å². The van der Waals surface area contributed by atoms with Crippen molar-refractivity contribution in [1.29, 1.82) is 0 Å². The molecule has 2 aliphatic heterocycles. The van der Waals surface area contributed by atoms with Crippen molar-refractivity contribution in [3.8, 4) is 22.9 Å². The first-order valence-corrected chi connectivity index (χ1v) is 7.97. The fourth-order valence-corrected chi connectivity index (χ4v) is 3.08. The Bertz CT molecular complexity index is 811. The lowest BCUT2D eigenvalue weighted by atomic mass is 9.97. The van der Waals surface area contributed by atoms with Crippen molar-refractivity contribution < 1.29 is 19.3 Å². The third-order valence-electron chi connectivity index (χ3n) is 4.26. The van der Waals surface area contributed by atoms with Crippen LogP contribution in [0.2, 0.25) is 0 Å². The fourth-order valence-electron chi connectivity index (χ4n) is 3.08. The number of nitrogens with zero attached hydrogens (tertiary/aromatic N) is 2. The van der Waals surface area contributed by atoms with Crippen LogP contribution in [0.3, 0.4) is 0 Å². The number of aromatic hydroxyl groups is 1. The molecule has 1 fully saturated rings. The molecule has 0 bridgehead atoms. The van der Waals surface area contributed by atoms with E-state index < -0.39 is 0 Å². The number of phenols is 1. The van der Waals surface area contributed by atoms with Gasteiger partial charge in [0.25, 0.3) is 0 Å². The molecule has 1 aromatic heterocycles. The molecule has 126 valence electrons. The number of aryl methyl sites for hydroxylation is 1. The van der Waals surface area contributed by atoms with Crippen LogP contribution in [0.5, 0.6) is 11.6 Å². The molecule has 24 heavy (non-hydrogen) atoms. The van der Waals surface area contributed by atoms with Gasteiger partial charge < -0.3 is 19.3 Å². The van der Waals surface area contributed by atoms with Crippen LogP contribution in [0.25, 0.3) is 11.3 Å². The van der Waals surface area contributed by atoms with Crippen molar-refractivity contribution in [2.24, 2.45) is 0 Å². The predicted octanol–water partition coefficient (Wildman–Crippen LogP) is 0.966. The molecule has 1 N–H and O–H groups in total. The van der Waals surface area contributed by atoms with Crippen LogP contribution >= 0.6 is 0 Å². The number of rotatable bonds is 3. The zero-order valence-corrected chi connectivity index (χ0v) is 13.1. The lowest BCUT2D eigenvalue weighted by molar-refractivity contribution is -0.102. The Hall–Kier alpha value is -2.38. The minimum atomic E-state index is -0.331. The van der Waals surface area contributed by atoms with Crippen LogP contribution in [0.1, 0.15) is 5.56 Å². The first-order valence-electron chi connectivity index (χ1n) is 7.97. The maximum atomic E-state index is 12.3.